The van der Waals surface area contributed by atoms with E-state index in [0.29, 0.717) is 6.61 Å². The monoisotopic (exact) mass is 404 g/mol. The van der Waals surface area contributed by atoms with Crippen LogP contribution in [-0.2, 0) is 26.3 Å². The first-order valence-corrected chi connectivity index (χ1v) is 10.6. The highest BCUT2D eigenvalue weighted by Crippen LogP contribution is 2.27. The smallest absolute Gasteiger partial charge is 0.326 e. The summed E-state index contributed by atoms with van der Waals surface area (Å²) < 4.78 is 36.5. The molecule has 0 bridgehead atoms. The van der Waals surface area contributed by atoms with Gasteiger partial charge in [-0.2, -0.15) is 0 Å². The highest BCUT2D eigenvalue weighted by atomic mass is 32.2. The standard InChI is InChI=1S/C14H19NO2.C7H8O3S/c15-14(9-5-2-6-10-14)13(16)17-11-12-7-3-1-4-8-12;1-6-2-4-7(5-3-6)11(8,9)10/h1,3-4,7-8H,2,5-6,9-11,15H2;2-5H,1H3,(H,8,9,10)/p-1. The lowest BCUT2D eigenvalue weighted by molar-refractivity contribution is -0.152. The quantitative estimate of drug-likeness (QED) is 0.618. The molecule has 0 aliphatic heterocycles. The molecule has 1 fully saturated rings. The maximum absolute atomic E-state index is 11.9. The van der Waals surface area contributed by atoms with Gasteiger partial charge in [-0.25, -0.2) is 8.42 Å². The number of hydrogen-bond donors (Lipinski definition) is 1. The molecule has 1 saturated carbocycles. The zero-order valence-corrected chi connectivity index (χ0v) is 16.8. The van der Waals surface area contributed by atoms with Gasteiger partial charge in [0.15, 0.2) is 0 Å². The van der Waals surface area contributed by atoms with E-state index in [4.69, 9.17) is 10.5 Å². The molecule has 2 aromatic carbocycles. The molecular formula is C21H26NO5S-. The van der Waals surface area contributed by atoms with Gasteiger partial charge in [-0.1, -0.05) is 67.3 Å². The molecule has 1 aliphatic carbocycles. The van der Waals surface area contributed by atoms with Crippen LogP contribution in [0, 0.1) is 6.92 Å². The van der Waals surface area contributed by atoms with Gasteiger partial charge < -0.3 is 15.0 Å². The lowest BCUT2D eigenvalue weighted by Crippen LogP contribution is -2.50. The molecule has 7 heteroatoms. The van der Waals surface area contributed by atoms with Gasteiger partial charge in [0, 0.05) is 0 Å². The first-order chi connectivity index (χ1) is 13.2. The van der Waals surface area contributed by atoms with E-state index in [1.165, 1.54) is 18.6 Å². The van der Waals surface area contributed by atoms with Gasteiger partial charge >= 0.3 is 5.97 Å². The van der Waals surface area contributed by atoms with Gasteiger partial charge in [-0.3, -0.25) is 4.79 Å². The van der Waals surface area contributed by atoms with Gasteiger partial charge in [0.2, 0.25) is 0 Å². The predicted molar refractivity (Wildman–Crippen MR) is 105 cm³/mol. The highest BCUT2D eigenvalue weighted by molar-refractivity contribution is 7.85. The second-order valence-electron chi connectivity index (χ2n) is 7.05. The van der Waals surface area contributed by atoms with Crippen LogP contribution >= 0.6 is 0 Å². The van der Waals surface area contributed by atoms with Crippen molar-refractivity contribution in [2.75, 3.05) is 0 Å². The summed E-state index contributed by atoms with van der Waals surface area (Å²) in [4.78, 5) is 11.8. The lowest BCUT2D eigenvalue weighted by Gasteiger charge is -2.30. The van der Waals surface area contributed by atoms with Gasteiger partial charge in [0.1, 0.15) is 22.3 Å². The largest absolute Gasteiger partial charge is 0.744 e. The molecule has 2 aromatic rings. The fraction of sp³-hybridized carbons (Fsp3) is 0.381. The Hall–Kier alpha value is -2.22. The number of aryl methyl sites for hydroxylation is 1. The zero-order chi connectivity index (χ0) is 20.6. The summed E-state index contributed by atoms with van der Waals surface area (Å²) in [7, 11) is -4.27. The molecule has 152 valence electrons. The van der Waals surface area contributed by atoms with E-state index in [2.05, 4.69) is 0 Å². The summed E-state index contributed by atoms with van der Waals surface area (Å²) in [5.41, 5.74) is 7.28. The van der Waals surface area contributed by atoms with E-state index in [1.807, 2.05) is 37.3 Å². The molecule has 6 nitrogen and oxygen atoms in total. The summed E-state index contributed by atoms with van der Waals surface area (Å²) in [6.07, 6.45) is 4.72. The maximum atomic E-state index is 11.9. The average molecular weight is 405 g/mol. The molecule has 0 aromatic heterocycles. The van der Waals surface area contributed by atoms with Crippen LogP contribution in [0.5, 0.6) is 0 Å². The van der Waals surface area contributed by atoms with Crippen LogP contribution in [0.25, 0.3) is 0 Å². The first-order valence-electron chi connectivity index (χ1n) is 9.23. The van der Waals surface area contributed by atoms with Crippen molar-refractivity contribution in [1.82, 2.24) is 0 Å². The average Bonchev–Trinajstić information content (AvgIpc) is 2.67. The summed E-state index contributed by atoms with van der Waals surface area (Å²) in [6.45, 7) is 2.14. The van der Waals surface area contributed by atoms with Crippen molar-refractivity contribution in [2.45, 2.75) is 56.1 Å². The Morgan fingerprint density at radius 1 is 1.04 bits per heavy atom. The number of ether oxygens (including phenoxy) is 1. The van der Waals surface area contributed by atoms with Crippen LogP contribution in [0.15, 0.2) is 59.5 Å². The third-order valence-electron chi connectivity index (χ3n) is 4.67. The minimum absolute atomic E-state index is 0.178. The second-order valence-corrected chi connectivity index (χ2v) is 8.43. The van der Waals surface area contributed by atoms with E-state index < -0.39 is 15.7 Å². The van der Waals surface area contributed by atoms with Crippen molar-refractivity contribution in [3.63, 3.8) is 0 Å². The maximum Gasteiger partial charge on any atom is 0.326 e. The van der Waals surface area contributed by atoms with E-state index in [-0.39, 0.29) is 10.9 Å². The van der Waals surface area contributed by atoms with Crippen LogP contribution in [0.1, 0.15) is 43.2 Å². The van der Waals surface area contributed by atoms with Crippen molar-refractivity contribution in [2.24, 2.45) is 5.73 Å². The zero-order valence-electron chi connectivity index (χ0n) is 16.0. The summed E-state index contributed by atoms with van der Waals surface area (Å²) in [5.74, 6) is -0.249. The van der Waals surface area contributed by atoms with Crippen LogP contribution < -0.4 is 5.73 Å². The number of carbonyl (C=O) groups excluding carboxylic acids is 1. The van der Waals surface area contributed by atoms with Crippen LogP contribution in [-0.4, -0.2) is 24.5 Å². The molecule has 1 aliphatic rings. The van der Waals surface area contributed by atoms with E-state index in [1.54, 1.807) is 12.1 Å². The molecule has 0 atom stereocenters. The normalized spacial score (nSPS) is 15.8. The molecule has 0 heterocycles. The molecular weight excluding hydrogens is 378 g/mol. The summed E-state index contributed by atoms with van der Waals surface area (Å²) >= 11 is 0. The van der Waals surface area contributed by atoms with E-state index in [0.717, 1.165) is 36.8 Å². The van der Waals surface area contributed by atoms with E-state index >= 15 is 0 Å². The van der Waals surface area contributed by atoms with Crippen molar-refractivity contribution < 1.29 is 22.5 Å². The number of benzene rings is 2. The molecule has 2 N–H and O–H groups in total. The molecule has 0 spiro atoms. The number of rotatable bonds is 4. The first kappa shape index (κ1) is 22.1. The van der Waals surface area contributed by atoms with Crippen molar-refractivity contribution in [1.29, 1.82) is 0 Å². The predicted octanol–water partition coefficient (Wildman–Crippen LogP) is 3.29. The van der Waals surface area contributed by atoms with Crippen molar-refractivity contribution >= 4 is 16.1 Å². The van der Waals surface area contributed by atoms with Gasteiger partial charge in [-0.05, 0) is 37.5 Å². The lowest BCUT2D eigenvalue weighted by atomic mass is 9.83. The third kappa shape index (κ3) is 6.74. The number of carbonyl (C=O) groups is 1. The molecule has 0 radical (unpaired) electrons. The number of nitrogens with two attached hydrogens (primary N) is 1. The molecule has 3 rings (SSSR count). The third-order valence-corrected chi connectivity index (χ3v) is 5.52. The SMILES string of the molecule is Cc1ccc(S(=O)(=O)[O-])cc1.NC1(C(=O)OCc2ccccc2)CCCCC1. The molecule has 0 unspecified atom stereocenters. The minimum Gasteiger partial charge on any atom is -0.744 e. The van der Waals surface area contributed by atoms with Gasteiger partial charge in [-0.15, -0.1) is 0 Å². The fourth-order valence-corrected chi connectivity index (χ4v) is 3.43. The van der Waals surface area contributed by atoms with Crippen LogP contribution in [0.4, 0.5) is 0 Å². The molecule has 28 heavy (non-hydrogen) atoms. The van der Waals surface area contributed by atoms with Crippen molar-refractivity contribution in [3.8, 4) is 0 Å². The Kier molecular flexibility index (Phi) is 7.74. The van der Waals surface area contributed by atoms with Crippen LogP contribution in [0.3, 0.4) is 0 Å². The fourth-order valence-electron chi connectivity index (χ4n) is 2.96. The van der Waals surface area contributed by atoms with Crippen molar-refractivity contribution in [3.05, 3.63) is 65.7 Å². The summed E-state index contributed by atoms with van der Waals surface area (Å²) in [5, 5.41) is 0. The Bertz CT molecular complexity index is 857. The van der Waals surface area contributed by atoms with Crippen LogP contribution in [0.2, 0.25) is 0 Å². The minimum atomic E-state index is -4.27. The Labute approximate surface area is 166 Å². The Balaban J connectivity index is 0.000000221. The van der Waals surface area contributed by atoms with E-state index in [9.17, 15) is 17.8 Å². The Morgan fingerprint density at radius 3 is 2.14 bits per heavy atom. The second kappa shape index (κ2) is 9.82. The number of hydrogen-bond acceptors (Lipinski definition) is 6. The molecule has 0 amide bonds. The number of esters is 1. The van der Waals surface area contributed by atoms with Gasteiger partial charge in [0.05, 0.1) is 4.90 Å². The highest BCUT2D eigenvalue weighted by Gasteiger charge is 2.36. The van der Waals surface area contributed by atoms with Gasteiger partial charge in [0.25, 0.3) is 0 Å². The summed E-state index contributed by atoms with van der Waals surface area (Å²) in [6, 6.07) is 15.5. The topological polar surface area (TPSA) is 110 Å². The Morgan fingerprint density at radius 2 is 1.61 bits per heavy atom. The molecule has 0 saturated heterocycles.